The van der Waals surface area contributed by atoms with Crippen LogP contribution in [-0.2, 0) is 30.1 Å². The number of ether oxygens (including phenoxy) is 2. The molecule has 0 N–H and O–H groups in total. The zero-order valence-electron chi connectivity index (χ0n) is 24.7. The molecule has 1 aliphatic carbocycles. The van der Waals surface area contributed by atoms with Crippen LogP contribution in [0.5, 0.6) is 0 Å². The lowest BCUT2D eigenvalue weighted by Gasteiger charge is -2.27. The van der Waals surface area contributed by atoms with Gasteiger partial charge in [-0.05, 0) is 52.7 Å². The van der Waals surface area contributed by atoms with Crippen LogP contribution < -0.4 is 0 Å². The second-order valence-corrected chi connectivity index (χ2v) is 11.7. The number of benzene rings is 2. The van der Waals surface area contributed by atoms with Crippen LogP contribution in [0.4, 0.5) is 0 Å². The Balaban J connectivity index is 1.78. The van der Waals surface area contributed by atoms with E-state index in [9.17, 15) is 9.59 Å². The van der Waals surface area contributed by atoms with E-state index in [1.54, 1.807) is 0 Å². The highest BCUT2D eigenvalue weighted by molar-refractivity contribution is 6.48. The first kappa shape index (κ1) is 27.5. The average Bonchev–Trinajstić information content (AvgIpc) is 3.54. The molecule has 0 unspecified atom stereocenters. The minimum Gasteiger partial charge on any atom is -0.492 e. The fourth-order valence-electron chi connectivity index (χ4n) is 5.64. The van der Waals surface area contributed by atoms with Gasteiger partial charge in [0.15, 0.2) is 11.5 Å². The summed E-state index contributed by atoms with van der Waals surface area (Å²) in [5.41, 5.74) is 3.36. The standard InChI is InChI=1S/C34H38N2O4/c1-9-33(3,4)35-19-23(21-15-11-13-17-25(21)35)27-29(37)32(40-8)28(30(38)31(27)39-7)24-20-36(34(5,6)10-2)26-18-14-12-16-22(24)26/h11-20H,9-10H2,1-8H3. The third kappa shape index (κ3) is 4.00. The molecular weight excluding hydrogens is 500 g/mol. The van der Waals surface area contributed by atoms with Crippen molar-refractivity contribution in [2.24, 2.45) is 0 Å². The zero-order chi connectivity index (χ0) is 29.0. The number of aromatic nitrogens is 2. The van der Waals surface area contributed by atoms with E-state index in [1.165, 1.54) is 14.2 Å². The van der Waals surface area contributed by atoms with Crippen LogP contribution >= 0.6 is 0 Å². The van der Waals surface area contributed by atoms with Crippen molar-refractivity contribution in [3.8, 4) is 0 Å². The summed E-state index contributed by atoms with van der Waals surface area (Å²) in [6, 6.07) is 15.9. The van der Waals surface area contributed by atoms with Crippen molar-refractivity contribution < 1.29 is 19.1 Å². The van der Waals surface area contributed by atoms with Gasteiger partial charge in [-0.15, -0.1) is 0 Å². The molecule has 4 aromatic rings. The van der Waals surface area contributed by atoms with E-state index in [0.29, 0.717) is 11.1 Å². The normalized spacial score (nSPS) is 15.1. The Morgan fingerprint density at radius 3 is 1.30 bits per heavy atom. The zero-order valence-corrected chi connectivity index (χ0v) is 24.7. The summed E-state index contributed by atoms with van der Waals surface area (Å²) in [7, 11) is 2.91. The van der Waals surface area contributed by atoms with Gasteiger partial charge in [-0.1, -0.05) is 50.2 Å². The van der Waals surface area contributed by atoms with Gasteiger partial charge in [-0.3, -0.25) is 9.59 Å². The quantitative estimate of drug-likeness (QED) is 0.219. The molecule has 0 bridgehead atoms. The lowest BCUT2D eigenvalue weighted by Crippen LogP contribution is -2.26. The van der Waals surface area contributed by atoms with Crippen molar-refractivity contribution >= 4 is 44.5 Å². The molecule has 0 saturated heterocycles. The summed E-state index contributed by atoms with van der Waals surface area (Å²) in [6.45, 7) is 12.9. The van der Waals surface area contributed by atoms with E-state index in [-0.39, 0.29) is 45.3 Å². The second-order valence-electron chi connectivity index (χ2n) is 11.7. The Morgan fingerprint density at radius 2 is 0.975 bits per heavy atom. The maximum Gasteiger partial charge on any atom is 0.232 e. The van der Waals surface area contributed by atoms with Crippen LogP contribution in [0.2, 0.25) is 0 Å². The Hall–Kier alpha value is -4.06. The van der Waals surface area contributed by atoms with E-state index in [4.69, 9.17) is 9.47 Å². The molecule has 0 aliphatic heterocycles. The number of fused-ring (bicyclic) bond motifs is 2. The third-order valence-electron chi connectivity index (χ3n) is 8.73. The number of nitrogens with zero attached hydrogens (tertiary/aromatic N) is 2. The predicted molar refractivity (Wildman–Crippen MR) is 161 cm³/mol. The number of hydrogen-bond acceptors (Lipinski definition) is 4. The molecular formula is C34H38N2O4. The molecule has 40 heavy (non-hydrogen) atoms. The largest absolute Gasteiger partial charge is 0.492 e. The van der Waals surface area contributed by atoms with Gasteiger partial charge < -0.3 is 18.6 Å². The Kier molecular flexibility index (Phi) is 6.77. The van der Waals surface area contributed by atoms with Crippen LogP contribution in [0.3, 0.4) is 0 Å². The van der Waals surface area contributed by atoms with Gasteiger partial charge >= 0.3 is 0 Å². The molecule has 0 fully saturated rings. The fourth-order valence-corrected chi connectivity index (χ4v) is 5.64. The van der Waals surface area contributed by atoms with E-state index in [2.05, 4.69) is 50.7 Å². The molecule has 5 rings (SSSR count). The summed E-state index contributed by atoms with van der Waals surface area (Å²) in [4.78, 5) is 28.7. The molecule has 0 radical (unpaired) electrons. The minimum atomic E-state index is -0.363. The molecule has 2 aromatic carbocycles. The summed E-state index contributed by atoms with van der Waals surface area (Å²) in [5, 5.41) is 1.77. The maximum atomic E-state index is 14.3. The first-order chi connectivity index (χ1) is 19.0. The van der Waals surface area contributed by atoms with Gasteiger partial charge in [0.1, 0.15) is 0 Å². The molecule has 0 saturated carbocycles. The van der Waals surface area contributed by atoms with Crippen molar-refractivity contribution in [3.05, 3.63) is 83.6 Å². The summed E-state index contributed by atoms with van der Waals surface area (Å²) in [5.74, 6) is -0.662. The highest BCUT2D eigenvalue weighted by atomic mass is 16.5. The first-order valence-corrected chi connectivity index (χ1v) is 13.9. The van der Waals surface area contributed by atoms with Crippen LogP contribution in [0, 0.1) is 0 Å². The van der Waals surface area contributed by atoms with Crippen LogP contribution in [0.25, 0.3) is 33.0 Å². The summed E-state index contributed by atoms with van der Waals surface area (Å²) in [6.07, 6.45) is 5.72. The SMILES string of the molecule is CCC(C)(C)n1cc(C2=C(OC)C(=O)C(c3cn(C(C)(C)CC)c4ccccc34)=C(OC)C2=O)c2ccccc21. The lowest BCUT2D eigenvalue weighted by molar-refractivity contribution is -0.117. The number of hydrogen-bond donors (Lipinski definition) is 0. The molecule has 0 amide bonds. The Labute approximate surface area is 235 Å². The number of carbonyl (C=O) groups is 2. The summed E-state index contributed by atoms with van der Waals surface area (Å²) < 4.78 is 15.9. The van der Waals surface area contributed by atoms with E-state index in [0.717, 1.165) is 34.6 Å². The monoisotopic (exact) mass is 538 g/mol. The Bertz CT molecular complexity index is 1600. The third-order valence-corrected chi connectivity index (χ3v) is 8.73. The van der Waals surface area contributed by atoms with Crippen LogP contribution in [0.1, 0.15) is 65.5 Å². The number of methoxy groups -OCH3 is 2. The van der Waals surface area contributed by atoms with Crippen molar-refractivity contribution in [2.45, 2.75) is 65.5 Å². The first-order valence-electron chi connectivity index (χ1n) is 13.9. The predicted octanol–water partition coefficient (Wildman–Crippen LogP) is 7.45. The van der Waals surface area contributed by atoms with E-state index < -0.39 is 0 Å². The van der Waals surface area contributed by atoms with E-state index in [1.807, 2.05) is 60.9 Å². The van der Waals surface area contributed by atoms with Crippen molar-refractivity contribution in [1.29, 1.82) is 0 Å². The number of carbonyl (C=O) groups excluding carboxylic acids is 2. The number of allylic oxidation sites excluding steroid dienone is 2. The van der Waals surface area contributed by atoms with Gasteiger partial charge in [0.25, 0.3) is 0 Å². The molecule has 0 atom stereocenters. The molecule has 0 spiro atoms. The summed E-state index contributed by atoms with van der Waals surface area (Å²) >= 11 is 0. The molecule has 6 heteroatoms. The van der Waals surface area contributed by atoms with Crippen molar-refractivity contribution in [2.75, 3.05) is 14.2 Å². The average molecular weight is 539 g/mol. The molecule has 2 aromatic heterocycles. The second kappa shape index (κ2) is 9.84. The van der Waals surface area contributed by atoms with Gasteiger partial charge in [-0.25, -0.2) is 0 Å². The minimum absolute atomic E-state index is 0.0320. The van der Waals surface area contributed by atoms with Gasteiger partial charge in [0.2, 0.25) is 11.6 Å². The number of rotatable bonds is 8. The van der Waals surface area contributed by atoms with Gasteiger partial charge in [0.05, 0.1) is 25.4 Å². The van der Waals surface area contributed by atoms with Crippen LogP contribution in [0.15, 0.2) is 72.4 Å². The molecule has 2 heterocycles. The maximum absolute atomic E-state index is 14.3. The smallest absolute Gasteiger partial charge is 0.232 e. The topological polar surface area (TPSA) is 62.5 Å². The number of ketones is 2. The fraction of sp³-hybridized carbons (Fsp3) is 0.353. The van der Waals surface area contributed by atoms with E-state index >= 15 is 0 Å². The van der Waals surface area contributed by atoms with Crippen molar-refractivity contribution in [1.82, 2.24) is 9.13 Å². The number of para-hydroxylation sites is 2. The molecule has 1 aliphatic rings. The van der Waals surface area contributed by atoms with Gasteiger partial charge in [0, 0.05) is 56.4 Å². The van der Waals surface area contributed by atoms with Gasteiger partial charge in [-0.2, -0.15) is 0 Å². The number of Topliss-reactive ketones (excluding diaryl/α,β-unsaturated/α-hetero) is 2. The molecule has 6 nitrogen and oxygen atoms in total. The van der Waals surface area contributed by atoms with Crippen molar-refractivity contribution in [3.63, 3.8) is 0 Å². The molecule has 208 valence electrons. The highest BCUT2D eigenvalue weighted by Gasteiger charge is 2.41. The Morgan fingerprint density at radius 1 is 0.625 bits per heavy atom. The lowest BCUT2D eigenvalue weighted by atomic mass is 9.85. The highest BCUT2D eigenvalue weighted by Crippen LogP contribution is 2.43. The van der Waals surface area contributed by atoms with Crippen LogP contribution in [-0.4, -0.2) is 34.9 Å².